The average Bonchev–Trinajstić information content (AvgIpc) is 2.46. The molecule has 5 heteroatoms. The molecule has 110 valence electrons. The topological polar surface area (TPSA) is 32.8 Å². The van der Waals surface area contributed by atoms with Gasteiger partial charge in [-0.1, -0.05) is 0 Å². The van der Waals surface area contributed by atoms with Gasteiger partial charge < -0.3 is 9.64 Å². The van der Waals surface area contributed by atoms with Crippen LogP contribution in [0.2, 0.25) is 0 Å². The maximum absolute atomic E-state index is 13.6. The summed E-state index contributed by atoms with van der Waals surface area (Å²) in [6, 6.07) is 4.84. The summed E-state index contributed by atoms with van der Waals surface area (Å²) in [7, 11) is 1.41. The van der Waals surface area contributed by atoms with E-state index in [1.54, 1.807) is 11.0 Å². The second-order valence-electron chi connectivity index (χ2n) is 5.27. The van der Waals surface area contributed by atoms with E-state index in [9.17, 15) is 9.18 Å². The normalized spacial score (nSPS) is 16.6. The minimum absolute atomic E-state index is 0.116. The molecule has 0 saturated carbocycles. The molecule has 2 rings (SSSR count). The number of carbonyl (C=O) groups is 1. The number of halogens is 1. The van der Waals surface area contributed by atoms with Crippen molar-refractivity contribution in [2.24, 2.45) is 0 Å². The van der Waals surface area contributed by atoms with Gasteiger partial charge in [0.2, 0.25) is 0 Å². The molecule has 1 heterocycles. The second kappa shape index (κ2) is 6.22. The molecule has 1 aromatic rings. The van der Waals surface area contributed by atoms with Gasteiger partial charge in [0.1, 0.15) is 0 Å². The van der Waals surface area contributed by atoms with Gasteiger partial charge in [-0.15, -0.1) is 0 Å². The molecular formula is C15H21FN2O2. The zero-order valence-corrected chi connectivity index (χ0v) is 12.2. The number of hydrogen-bond donors (Lipinski definition) is 0. The summed E-state index contributed by atoms with van der Waals surface area (Å²) >= 11 is 0. The first kappa shape index (κ1) is 14.8. The van der Waals surface area contributed by atoms with Crippen molar-refractivity contribution in [1.82, 2.24) is 9.80 Å². The van der Waals surface area contributed by atoms with Crippen LogP contribution in [0.4, 0.5) is 4.39 Å². The van der Waals surface area contributed by atoms with E-state index in [2.05, 4.69) is 18.7 Å². The molecule has 0 radical (unpaired) electrons. The van der Waals surface area contributed by atoms with Crippen LogP contribution >= 0.6 is 0 Å². The molecule has 0 atom stereocenters. The third kappa shape index (κ3) is 3.10. The van der Waals surface area contributed by atoms with Crippen molar-refractivity contribution < 1.29 is 13.9 Å². The van der Waals surface area contributed by atoms with E-state index in [-0.39, 0.29) is 11.7 Å². The first-order valence-electron chi connectivity index (χ1n) is 6.89. The van der Waals surface area contributed by atoms with Crippen molar-refractivity contribution in [1.29, 1.82) is 0 Å². The predicted molar refractivity (Wildman–Crippen MR) is 75.6 cm³/mol. The van der Waals surface area contributed by atoms with E-state index < -0.39 is 5.82 Å². The Morgan fingerprint density at radius 2 is 1.90 bits per heavy atom. The number of nitrogens with zero attached hydrogens (tertiary/aromatic N) is 2. The fourth-order valence-electron chi connectivity index (χ4n) is 2.42. The van der Waals surface area contributed by atoms with Gasteiger partial charge in [0.15, 0.2) is 11.6 Å². The molecule has 1 amide bonds. The highest BCUT2D eigenvalue weighted by Crippen LogP contribution is 2.19. The standard InChI is InChI=1S/C15H21FN2O2/c1-11(2)17-6-8-18(9-7-17)15(19)12-4-5-14(20-3)13(16)10-12/h4-5,10-11H,6-9H2,1-3H3. The van der Waals surface area contributed by atoms with E-state index >= 15 is 0 Å². The van der Waals surface area contributed by atoms with Gasteiger partial charge in [-0.05, 0) is 32.0 Å². The lowest BCUT2D eigenvalue weighted by atomic mass is 10.1. The minimum Gasteiger partial charge on any atom is -0.494 e. The number of ether oxygens (including phenoxy) is 1. The molecular weight excluding hydrogens is 259 g/mol. The van der Waals surface area contributed by atoms with Crippen LogP contribution in [0.25, 0.3) is 0 Å². The van der Waals surface area contributed by atoms with Crippen LogP contribution < -0.4 is 4.74 Å². The number of amides is 1. The number of rotatable bonds is 3. The van der Waals surface area contributed by atoms with E-state index in [1.165, 1.54) is 19.2 Å². The molecule has 1 aliphatic heterocycles. The fourth-order valence-corrected chi connectivity index (χ4v) is 2.42. The average molecular weight is 280 g/mol. The Labute approximate surface area is 119 Å². The number of methoxy groups -OCH3 is 1. The molecule has 0 aromatic heterocycles. The zero-order chi connectivity index (χ0) is 14.7. The quantitative estimate of drug-likeness (QED) is 0.849. The van der Waals surface area contributed by atoms with Gasteiger partial charge in [0, 0.05) is 37.8 Å². The number of piperazine rings is 1. The van der Waals surface area contributed by atoms with Crippen LogP contribution in [0.3, 0.4) is 0 Å². The van der Waals surface area contributed by atoms with Crippen molar-refractivity contribution in [3.63, 3.8) is 0 Å². The number of benzene rings is 1. The highest BCUT2D eigenvalue weighted by atomic mass is 19.1. The lowest BCUT2D eigenvalue weighted by Gasteiger charge is -2.37. The Morgan fingerprint density at radius 3 is 2.40 bits per heavy atom. The van der Waals surface area contributed by atoms with Crippen LogP contribution in [0.5, 0.6) is 5.75 Å². The molecule has 1 saturated heterocycles. The molecule has 20 heavy (non-hydrogen) atoms. The van der Waals surface area contributed by atoms with Gasteiger partial charge in [-0.2, -0.15) is 0 Å². The SMILES string of the molecule is COc1ccc(C(=O)N2CCN(C(C)C)CC2)cc1F. The number of hydrogen-bond acceptors (Lipinski definition) is 3. The summed E-state index contributed by atoms with van der Waals surface area (Å²) in [5.41, 5.74) is 0.376. The maximum atomic E-state index is 13.6. The van der Waals surface area contributed by atoms with Gasteiger partial charge in [-0.25, -0.2) is 4.39 Å². The van der Waals surface area contributed by atoms with Crippen LogP contribution in [-0.4, -0.2) is 55.0 Å². The molecule has 4 nitrogen and oxygen atoms in total. The largest absolute Gasteiger partial charge is 0.494 e. The summed E-state index contributed by atoms with van der Waals surface area (Å²) in [5.74, 6) is -0.458. The van der Waals surface area contributed by atoms with Crippen LogP contribution in [-0.2, 0) is 0 Å². The van der Waals surface area contributed by atoms with E-state index in [0.29, 0.717) is 24.7 Å². The molecule has 1 aliphatic rings. The van der Waals surface area contributed by atoms with Crippen molar-refractivity contribution in [3.8, 4) is 5.75 Å². The second-order valence-corrected chi connectivity index (χ2v) is 5.27. The van der Waals surface area contributed by atoms with Gasteiger partial charge >= 0.3 is 0 Å². The minimum atomic E-state index is -0.501. The molecule has 0 aliphatic carbocycles. The van der Waals surface area contributed by atoms with E-state index in [4.69, 9.17) is 4.74 Å². The summed E-state index contributed by atoms with van der Waals surface area (Å²) in [4.78, 5) is 16.4. The Balaban J connectivity index is 2.04. The van der Waals surface area contributed by atoms with Crippen molar-refractivity contribution in [2.75, 3.05) is 33.3 Å². The third-order valence-electron chi connectivity index (χ3n) is 3.73. The maximum Gasteiger partial charge on any atom is 0.254 e. The molecule has 0 N–H and O–H groups in total. The summed E-state index contributed by atoms with van der Waals surface area (Å²) in [6.07, 6.45) is 0. The first-order chi connectivity index (χ1) is 9.52. The van der Waals surface area contributed by atoms with Gasteiger partial charge in [-0.3, -0.25) is 9.69 Å². The highest BCUT2D eigenvalue weighted by molar-refractivity contribution is 5.94. The highest BCUT2D eigenvalue weighted by Gasteiger charge is 2.23. The summed E-state index contributed by atoms with van der Waals surface area (Å²) in [6.45, 7) is 7.39. The van der Waals surface area contributed by atoms with Gasteiger partial charge in [0.05, 0.1) is 7.11 Å². The smallest absolute Gasteiger partial charge is 0.254 e. The van der Waals surface area contributed by atoms with Crippen molar-refractivity contribution in [2.45, 2.75) is 19.9 Å². The zero-order valence-electron chi connectivity index (χ0n) is 12.2. The lowest BCUT2D eigenvalue weighted by Crippen LogP contribution is -2.50. The molecule has 0 spiro atoms. The number of carbonyl (C=O) groups excluding carboxylic acids is 1. The summed E-state index contributed by atoms with van der Waals surface area (Å²) in [5, 5.41) is 0. The molecule has 0 bridgehead atoms. The lowest BCUT2D eigenvalue weighted by molar-refractivity contribution is 0.0595. The first-order valence-corrected chi connectivity index (χ1v) is 6.89. The Bertz CT molecular complexity index is 483. The third-order valence-corrected chi connectivity index (χ3v) is 3.73. The van der Waals surface area contributed by atoms with Gasteiger partial charge in [0.25, 0.3) is 5.91 Å². The fraction of sp³-hybridized carbons (Fsp3) is 0.533. The van der Waals surface area contributed by atoms with Crippen LogP contribution in [0, 0.1) is 5.82 Å². The predicted octanol–water partition coefficient (Wildman–Crippen LogP) is 2.00. The molecule has 0 unspecified atom stereocenters. The Morgan fingerprint density at radius 1 is 1.25 bits per heavy atom. The van der Waals surface area contributed by atoms with Crippen LogP contribution in [0.15, 0.2) is 18.2 Å². The monoisotopic (exact) mass is 280 g/mol. The Kier molecular flexibility index (Phi) is 4.60. The van der Waals surface area contributed by atoms with E-state index in [1.807, 2.05) is 0 Å². The Hall–Kier alpha value is -1.62. The van der Waals surface area contributed by atoms with Crippen molar-refractivity contribution >= 4 is 5.91 Å². The van der Waals surface area contributed by atoms with Crippen LogP contribution in [0.1, 0.15) is 24.2 Å². The van der Waals surface area contributed by atoms with E-state index in [0.717, 1.165) is 13.1 Å². The van der Waals surface area contributed by atoms with Crippen molar-refractivity contribution in [3.05, 3.63) is 29.6 Å². The molecule has 1 fully saturated rings. The molecule has 1 aromatic carbocycles. The summed E-state index contributed by atoms with van der Waals surface area (Å²) < 4.78 is 18.5.